The van der Waals surface area contributed by atoms with Gasteiger partial charge in [0.1, 0.15) is 5.92 Å². The van der Waals surface area contributed by atoms with E-state index in [0.29, 0.717) is 10.0 Å². The van der Waals surface area contributed by atoms with Crippen molar-refractivity contribution >= 4 is 27.7 Å². The molecule has 0 fully saturated rings. The molecule has 18 heavy (non-hydrogen) atoms. The molecule has 0 radical (unpaired) electrons. The third-order valence-corrected chi connectivity index (χ3v) is 2.91. The van der Waals surface area contributed by atoms with Crippen LogP contribution in [0, 0.1) is 11.8 Å². The van der Waals surface area contributed by atoms with E-state index in [0.717, 1.165) is 0 Å². The maximum Gasteiger partial charge on any atom is 0.317 e. The van der Waals surface area contributed by atoms with Gasteiger partial charge in [-0.15, -0.1) is 0 Å². The monoisotopic (exact) mass is 313 g/mol. The molecule has 98 valence electrons. The van der Waals surface area contributed by atoms with Crippen LogP contribution in [0.2, 0.25) is 0 Å². The van der Waals surface area contributed by atoms with Gasteiger partial charge in [0, 0.05) is 22.4 Å². The Kier molecular flexibility index (Phi) is 5.47. The van der Waals surface area contributed by atoms with Gasteiger partial charge in [0.15, 0.2) is 5.78 Å². The van der Waals surface area contributed by atoms with Crippen LogP contribution >= 0.6 is 15.9 Å². The van der Waals surface area contributed by atoms with Gasteiger partial charge in [-0.05, 0) is 34.8 Å². The highest BCUT2D eigenvalue weighted by Gasteiger charge is 2.32. The van der Waals surface area contributed by atoms with E-state index in [4.69, 9.17) is 4.74 Å². The number of carbonyl (C=O) groups excluding carboxylic acids is 2. The number of pyridine rings is 1. The number of esters is 1. The molecule has 1 heterocycles. The second kappa shape index (κ2) is 6.64. The second-order valence-corrected chi connectivity index (χ2v) is 5.15. The smallest absolute Gasteiger partial charge is 0.317 e. The standard InChI is InChI=1S/C13H16BrNO3/c1-4-18-13(17)11(8(2)3)12(16)9-5-10(14)7-15-6-9/h5-8,11H,4H2,1-3H3. The molecule has 1 unspecified atom stereocenters. The van der Waals surface area contributed by atoms with Gasteiger partial charge in [0.25, 0.3) is 0 Å². The lowest BCUT2D eigenvalue weighted by Crippen LogP contribution is -2.30. The second-order valence-electron chi connectivity index (χ2n) is 4.23. The summed E-state index contributed by atoms with van der Waals surface area (Å²) in [5, 5.41) is 0. The Morgan fingerprint density at radius 3 is 2.56 bits per heavy atom. The minimum atomic E-state index is -0.777. The normalized spacial score (nSPS) is 12.3. The van der Waals surface area contributed by atoms with E-state index in [9.17, 15) is 9.59 Å². The molecule has 4 nitrogen and oxygen atoms in total. The van der Waals surface area contributed by atoms with Gasteiger partial charge in [-0.1, -0.05) is 13.8 Å². The quantitative estimate of drug-likeness (QED) is 0.476. The van der Waals surface area contributed by atoms with Crippen LogP contribution in [0.5, 0.6) is 0 Å². The van der Waals surface area contributed by atoms with E-state index >= 15 is 0 Å². The van der Waals surface area contributed by atoms with Gasteiger partial charge in [0.2, 0.25) is 0 Å². The van der Waals surface area contributed by atoms with Gasteiger partial charge in [-0.2, -0.15) is 0 Å². The van der Waals surface area contributed by atoms with Crippen LogP contribution in [0.25, 0.3) is 0 Å². The minimum Gasteiger partial charge on any atom is -0.465 e. The van der Waals surface area contributed by atoms with E-state index in [1.54, 1.807) is 19.2 Å². The Morgan fingerprint density at radius 1 is 1.39 bits per heavy atom. The number of hydrogen-bond donors (Lipinski definition) is 0. The van der Waals surface area contributed by atoms with Crippen LogP contribution < -0.4 is 0 Å². The molecule has 0 amide bonds. The summed E-state index contributed by atoms with van der Waals surface area (Å²) in [5.74, 6) is -1.62. The average molecular weight is 314 g/mol. The molecule has 0 spiro atoms. The van der Waals surface area contributed by atoms with Crippen molar-refractivity contribution in [3.05, 3.63) is 28.5 Å². The summed E-state index contributed by atoms with van der Waals surface area (Å²) >= 11 is 3.25. The van der Waals surface area contributed by atoms with E-state index in [-0.39, 0.29) is 18.3 Å². The maximum atomic E-state index is 12.3. The molecule has 1 atom stereocenters. The van der Waals surface area contributed by atoms with Crippen LogP contribution in [0.1, 0.15) is 31.1 Å². The van der Waals surface area contributed by atoms with Gasteiger partial charge < -0.3 is 4.74 Å². The van der Waals surface area contributed by atoms with Crippen LogP contribution in [0.3, 0.4) is 0 Å². The Morgan fingerprint density at radius 2 is 2.06 bits per heavy atom. The lowest BCUT2D eigenvalue weighted by Gasteiger charge is -2.17. The van der Waals surface area contributed by atoms with E-state index in [2.05, 4.69) is 20.9 Å². The van der Waals surface area contributed by atoms with Crippen molar-refractivity contribution in [2.45, 2.75) is 20.8 Å². The molecule has 0 saturated carbocycles. The first kappa shape index (κ1) is 14.8. The molecular weight excluding hydrogens is 298 g/mol. The summed E-state index contributed by atoms with van der Waals surface area (Å²) in [7, 11) is 0. The predicted octanol–water partition coefficient (Wildman–Crippen LogP) is 2.86. The molecule has 0 aliphatic rings. The third kappa shape index (κ3) is 3.63. The molecule has 1 aromatic rings. The van der Waals surface area contributed by atoms with Gasteiger partial charge in [0.05, 0.1) is 6.61 Å². The zero-order valence-electron chi connectivity index (χ0n) is 10.6. The van der Waals surface area contributed by atoms with Gasteiger partial charge in [-0.25, -0.2) is 0 Å². The molecule has 0 N–H and O–H groups in total. The number of ether oxygens (including phenoxy) is 1. The fourth-order valence-electron chi connectivity index (χ4n) is 1.64. The molecular formula is C13H16BrNO3. The predicted molar refractivity (Wildman–Crippen MR) is 71.2 cm³/mol. The Labute approximate surface area is 115 Å². The molecule has 1 aromatic heterocycles. The zero-order chi connectivity index (χ0) is 13.7. The van der Waals surface area contributed by atoms with Crippen LogP contribution in [0.4, 0.5) is 0 Å². The highest BCUT2D eigenvalue weighted by Crippen LogP contribution is 2.20. The topological polar surface area (TPSA) is 56.3 Å². The minimum absolute atomic E-state index is 0.115. The summed E-state index contributed by atoms with van der Waals surface area (Å²) < 4.78 is 5.65. The van der Waals surface area contributed by atoms with Crippen molar-refractivity contribution in [3.63, 3.8) is 0 Å². The Hall–Kier alpha value is -1.23. The molecule has 5 heteroatoms. The number of ketones is 1. The number of Topliss-reactive ketones (excluding diaryl/α,β-unsaturated/α-hetero) is 1. The summed E-state index contributed by atoms with van der Waals surface area (Å²) in [4.78, 5) is 28.0. The molecule has 0 bridgehead atoms. The van der Waals surface area contributed by atoms with Crippen LogP contribution in [-0.2, 0) is 9.53 Å². The van der Waals surface area contributed by atoms with Crippen molar-refractivity contribution in [1.29, 1.82) is 0 Å². The average Bonchev–Trinajstić information content (AvgIpc) is 2.28. The van der Waals surface area contributed by atoms with E-state index < -0.39 is 11.9 Å². The number of halogens is 1. The highest BCUT2D eigenvalue weighted by molar-refractivity contribution is 9.10. The molecule has 0 aliphatic heterocycles. The lowest BCUT2D eigenvalue weighted by molar-refractivity contribution is -0.147. The highest BCUT2D eigenvalue weighted by atomic mass is 79.9. The van der Waals surface area contributed by atoms with Crippen molar-refractivity contribution in [2.75, 3.05) is 6.61 Å². The molecule has 0 saturated heterocycles. The van der Waals surface area contributed by atoms with Gasteiger partial charge in [-0.3, -0.25) is 14.6 Å². The lowest BCUT2D eigenvalue weighted by atomic mass is 9.88. The van der Waals surface area contributed by atoms with Crippen molar-refractivity contribution in [3.8, 4) is 0 Å². The number of nitrogens with zero attached hydrogens (tertiary/aromatic N) is 1. The SMILES string of the molecule is CCOC(=O)C(C(=O)c1cncc(Br)c1)C(C)C. The zero-order valence-corrected chi connectivity index (χ0v) is 12.2. The first-order chi connectivity index (χ1) is 8.47. The van der Waals surface area contributed by atoms with Crippen molar-refractivity contribution < 1.29 is 14.3 Å². The largest absolute Gasteiger partial charge is 0.465 e. The van der Waals surface area contributed by atoms with Crippen molar-refractivity contribution in [1.82, 2.24) is 4.98 Å². The summed E-state index contributed by atoms with van der Waals surface area (Å²) in [5.41, 5.74) is 0.413. The van der Waals surface area contributed by atoms with E-state index in [1.165, 1.54) is 6.20 Å². The fourth-order valence-corrected chi connectivity index (χ4v) is 2.01. The maximum absolute atomic E-state index is 12.3. The number of aromatic nitrogens is 1. The Balaban J connectivity index is 3.00. The van der Waals surface area contributed by atoms with E-state index in [1.807, 2.05) is 13.8 Å². The molecule has 0 aromatic carbocycles. The number of carbonyl (C=O) groups is 2. The summed E-state index contributed by atoms with van der Waals surface area (Å²) in [6.45, 7) is 5.64. The van der Waals surface area contributed by atoms with Crippen LogP contribution in [0.15, 0.2) is 22.9 Å². The fraction of sp³-hybridized carbons (Fsp3) is 0.462. The van der Waals surface area contributed by atoms with Gasteiger partial charge >= 0.3 is 5.97 Å². The number of hydrogen-bond acceptors (Lipinski definition) is 4. The third-order valence-electron chi connectivity index (χ3n) is 2.48. The summed E-state index contributed by atoms with van der Waals surface area (Å²) in [6, 6.07) is 1.66. The first-order valence-electron chi connectivity index (χ1n) is 5.78. The Bertz CT molecular complexity index is 446. The van der Waals surface area contributed by atoms with Crippen LogP contribution in [-0.4, -0.2) is 23.3 Å². The molecule has 1 rings (SSSR count). The number of rotatable bonds is 5. The first-order valence-corrected chi connectivity index (χ1v) is 6.58. The molecule has 0 aliphatic carbocycles. The van der Waals surface area contributed by atoms with Crippen molar-refractivity contribution in [2.24, 2.45) is 11.8 Å². The summed E-state index contributed by atoms with van der Waals surface area (Å²) in [6.07, 6.45) is 3.05.